The van der Waals surface area contributed by atoms with Gasteiger partial charge in [-0.25, -0.2) is 9.37 Å². The molecule has 5 nitrogen and oxygen atoms in total. The van der Waals surface area contributed by atoms with Crippen LogP contribution in [0.5, 0.6) is 0 Å². The number of carbonyl (C=O) groups excluding carboxylic acids is 1. The fraction of sp³-hybridized carbons (Fsp3) is 0.0833. The Balaban J connectivity index is 2.00. The van der Waals surface area contributed by atoms with Crippen molar-refractivity contribution in [1.29, 1.82) is 0 Å². The lowest BCUT2D eigenvalue weighted by Gasteiger charge is -2.02. The van der Waals surface area contributed by atoms with Crippen LogP contribution in [0.2, 0.25) is 0 Å². The van der Waals surface area contributed by atoms with Crippen molar-refractivity contribution < 1.29 is 13.6 Å². The Labute approximate surface area is 102 Å². The van der Waals surface area contributed by atoms with Gasteiger partial charge in [0, 0.05) is 6.20 Å². The molecule has 0 bridgehead atoms. The number of halogens is 1. The molecule has 1 N–H and O–H groups in total. The maximum Gasteiger partial charge on any atom is 0.273 e. The summed E-state index contributed by atoms with van der Waals surface area (Å²) in [6, 6.07) is 2.76. The number of aromatic nitrogens is 2. The molecule has 1 amide bonds. The third kappa shape index (κ3) is 2.60. The number of nitrogens with one attached hydrogen (secondary N) is 1. The lowest BCUT2D eigenvalue weighted by atomic mass is 10.3. The number of pyridine rings is 1. The summed E-state index contributed by atoms with van der Waals surface area (Å²) < 4.78 is 18.2. The topological polar surface area (TPSA) is 68.0 Å². The highest BCUT2D eigenvalue weighted by molar-refractivity contribution is 5.91. The molecule has 2 rings (SSSR count). The fourth-order valence-corrected chi connectivity index (χ4v) is 1.29. The van der Waals surface area contributed by atoms with Crippen molar-refractivity contribution in [3.05, 3.63) is 54.3 Å². The summed E-state index contributed by atoms with van der Waals surface area (Å²) in [4.78, 5) is 19.3. The van der Waals surface area contributed by atoms with E-state index in [2.05, 4.69) is 21.9 Å². The number of rotatable bonds is 4. The largest absolute Gasteiger partial charge is 0.444 e. The minimum atomic E-state index is -0.468. The van der Waals surface area contributed by atoms with E-state index >= 15 is 0 Å². The molecule has 0 spiro atoms. The molecular weight excluding hydrogens is 237 g/mol. The van der Waals surface area contributed by atoms with E-state index in [9.17, 15) is 9.18 Å². The molecule has 0 fully saturated rings. The summed E-state index contributed by atoms with van der Waals surface area (Å²) in [5.74, 6) is -0.675. The summed E-state index contributed by atoms with van der Waals surface area (Å²) in [7, 11) is 0. The maximum atomic E-state index is 13.2. The number of hydrogen-bond acceptors (Lipinski definition) is 4. The first kappa shape index (κ1) is 12.0. The van der Waals surface area contributed by atoms with Gasteiger partial charge in [-0.15, -0.1) is 0 Å². The average molecular weight is 247 g/mol. The van der Waals surface area contributed by atoms with Crippen LogP contribution in [0.25, 0.3) is 6.08 Å². The van der Waals surface area contributed by atoms with Crippen molar-refractivity contribution in [2.75, 3.05) is 0 Å². The van der Waals surface area contributed by atoms with Gasteiger partial charge in [-0.1, -0.05) is 6.58 Å². The summed E-state index contributed by atoms with van der Waals surface area (Å²) >= 11 is 0. The Morgan fingerprint density at radius 3 is 3.11 bits per heavy atom. The lowest BCUT2D eigenvalue weighted by molar-refractivity contribution is 0.0945. The molecule has 0 unspecified atom stereocenters. The zero-order chi connectivity index (χ0) is 13.0. The van der Waals surface area contributed by atoms with Crippen LogP contribution in [0.4, 0.5) is 4.39 Å². The minimum Gasteiger partial charge on any atom is -0.444 e. The van der Waals surface area contributed by atoms with Crippen molar-refractivity contribution in [2.45, 2.75) is 6.54 Å². The smallest absolute Gasteiger partial charge is 0.273 e. The number of hydrogen-bond donors (Lipinski definition) is 1. The van der Waals surface area contributed by atoms with Crippen LogP contribution < -0.4 is 5.32 Å². The molecule has 6 heteroatoms. The molecule has 0 aliphatic carbocycles. The van der Waals surface area contributed by atoms with Crippen LogP contribution in [0, 0.1) is 5.82 Å². The molecule has 0 aliphatic heterocycles. The van der Waals surface area contributed by atoms with Gasteiger partial charge in [0.05, 0.1) is 12.2 Å². The molecule has 0 radical (unpaired) electrons. The van der Waals surface area contributed by atoms with E-state index in [1.54, 1.807) is 0 Å². The van der Waals surface area contributed by atoms with Gasteiger partial charge >= 0.3 is 0 Å². The predicted octanol–water partition coefficient (Wildman–Crippen LogP) is 1.78. The number of nitrogens with zero attached hydrogens (tertiary/aromatic N) is 2. The molecule has 92 valence electrons. The molecule has 2 aromatic heterocycles. The van der Waals surface area contributed by atoms with Crippen molar-refractivity contribution in [1.82, 2.24) is 15.3 Å². The highest BCUT2D eigenvalue weighted by atomic mass is 19.1. The van der Waals surface area contributed by atoms with Gasteiger partial charge in [0.1, 0.15) is 12.1 Å². The zero-order valence-corrected chi connectivity index (χ0v) is 9.39. The first-order chi connectivity index (χ1) is 8.70. The van der Waals surface area contributed by atoms with Gasteiger partial charge in [0.25, 0.3) is 5.91 Å². The summed E-state index contributed by atoms with van der Waals surface area (Å²) in [5, 5.41) is 2.50. The molecule has 0 aromatic carbocycles. The van der Waals surface area contributed by atoms with Gasteiger partial charge in [-0.3, -0.25) is 9.78 Å². The van der Waals surface area contributed by atoms with Gasteiger partial charge in [-0.05, 0) is 18.2 Å². The van der Waals surface area contributed by atoms with Crippen molar-refractivity contribution >= 4 is 12.0 Å². The van der Waals surface area contributed by atoms with Crippen molar-refractivity contribution in [3.63, 3.8) is 0 Å². The van der Waals surface area contributed by atoms with Crippen LogP contribution in [0.3, 0.4) is 0 Å². The van der Waals surface area contributed by atoms with Gasteiger partial charge in [0.2, 0.25) is 5.89 Å². The number of carbonyl (C=O) groups is 1. The second kappa shape index (κ2) is 5.22. The first-order valence-electron chi connectivity index (χ1n) is 5.16. The SMILES string of the molecule is C=Cc1nc(C(=O)NCc2ncccc2F)co1. The van der Waals surface area contributed by atoms with E-state index < -0.39 is 11.7 Å². The van der Waals surface area contributed by atoms with Gasteiger partial charge in [0.15, 0.2) is 5.69 Å². The Morgan fingerprint density at radius 1 is 1.61 bits per heavy atom. The van der Waals surface area contributed by atoms with E-state index in [1.807, 2.05) is 0 Å². The monoisotopic (exact) mass is 247 g/mol. The molecule has 0 aliphatic rings. The third-order valence-electron chi connectivity index (χ3n) is 2.18. The van der Waals surface area contributed by atoms with Crippen molar-refractivity contribution in [2.24, 2.45) is 0 Å². The second-order valence-corrected chi connectivity index (χ2v) is 3.39. The first-order valence-corrected chi connectivity index (χ1v) is 5.16. The normalized spacial score (nSPS) is 10.1. The van der Waals surface area contributed by atoms with E-state index in [0.29, 0.717) is 0 Å². The molecule has 0 saturated heterocycles. The molecule has 2 heterocycles. The van der Waals surface area contributed by atoms with Crippen molar-refractivity contribution in [3.8, 4) is 0 Å². The standard InChI is InChI=1S/C12H10FN3O2/c1-2-11-16-10(7-18-11)12(17)15-6-9-8(13)4-3-5-14-9/h2-5,7H,1,6H2,(H,15,17). The quantitative estimate of drug-likeness (QED) is 0.894. The Morgan fingerprint density at radius 2 is 2.44 bits per heavy atom. The molecule has 2 aromatic rings. The molecule has 0 atom stereocenters. The van der Waals surface area contributed by atoms with Crippen LogP contribution >= 0.6 is 0 Å². The number of oxazole rings is 1. The summed E-state index contributed by atoms with van der Waals surface area (Å²) in [5.41, 5.74) is 0.277. The minimum absolute atomic E-state index is 0.0121. The van der Waals surface area contributed by atoms with Gasteiger partial charge < -0.3 is 9.73 Å². The Bertz CT molecular complexity index is 580. The van der Waals surface area contributed by atoms with Crippen LogP contribution in [-0.2, 0) is 6.54 Å². The zero-order valence-electron chi connectivity index (χ0n) is 9.39. The Hall–Kier alpha value is -2.50. The average Bonchev–Trinajstić information content (AvgIpc) is 2.86. The third-order valence-corrected chi connectivity index (χ3v) is 2.18. The van der Waals surface area contributed by atoms with Crippen LogP contribution in [0.15, 0.2) is 35.6 Å². The predicted molar refractivity (Wildman–Crippen MR) is 62.0 cm³/mol. The van der Waals surface area contributed by atoms with Crippen LogP contribution in [0.1, 0.15) is 22.1 Å². The lowest BCUT2D eigenvalue weighted by Crippen LogP contribution is -2.24. The summed E-state index contributed by atoms with van der Waals surface area (Å²) in [6.07, 6.45) is 4.05. The van der Waals surface area contributed by atoms with Crippen LogP contribution in [-0.4, -0.2) is 15.9 Å². The van der Waals surface area contributed by atoms with E-state index in [4.69, 9.17) is 4.42 Å². The second-order valence-electron chi connectivity index (χ2n) is 3.39. The number of amides is 1. The van der Waals surface area contributed by atoms with E-state index in [-0.39, 0.29) is 23.8 Å². The highest BCUT2D eigenvalue weighted by Gasteiger charge is 2.11. The Kier molecular flexibility index (Phi) is 3.47. The molecular formula is C12H10FN3O2. The summed E-state index contributed by atoms with van der Waals surface area (Å²) in [6.45, 7) is 3.45. The van der Waals surface area contributed by atoms with E-state index in [1.165, 1.54) is 30.7 Å². The highest BCUT2D eigenvalue weighted by Crippen LogP contribution is 2.05. The maximum absolute atomic E-state index is 13.2. The van der Waals surface area contributed by atoms with E-state index in [0.717, 1.165) is 0 Å². The molecule has 18 heavy (non-hydrogen) atoms. The fourth-order valence-electron chi connectivity index (χ4n) is 1.29. The molecule has 0 saturated carbocycles. The van der Waals surface area contributed by atoms with Gasteiger partial charge in [-0.2, -0.15) is 0 Å².